The van der Waals surface area contributed by atoms with Crippen LogP contribution in [0, 0.1) is 6.07 Å². The van der Waals surface area contributed by atoms with Gasteiger partial charge in [-0.05, 0) is 24.3 Å². The van der Waals surface area contributed by atoms with Gasteiger partial charge >= 0.3 is 0 Å². The van der Waals surface area contributed by atoms with E-state index in [9.17, 15) is 0 Å². The molecule has 0 aliphatic rings. The van der Waals surface area contributed by atoms with E-state index in [1.807, 2.05) is 18.2 Å². The zero-order chi connectivity index (χ0) is 8.81. The maximum atomic E-state index is 5.35. The van der Waals surface area contributed by atoms with Gasteiger partial charge in [0.2, 0.25) is 0 Å². The highest BCUT2D eigenvalue weighted by Crippen LogP contribution is 2.16. The van der Waals surface area contributed by atoms with Crippen molar-refractivity contribution in [1.29, 1.82) is 0 Å². The average Bonchev–Trinajstić information content (AvgIpc) is 2.05. The van der Waals surface area contributed by atoms with Crippen LogP contribution in [0.3, 0.4) is 0 Å². The molecule has 2 nitrogen and oxygen atoms in total. The number of hydrogen-bond donors (Lipinski definition) is 0. The second kappa shape index (κ2) is 5.17. The molecule has 3 heteroatoms. The van der Waals surface area contributed by atoms with Gasteiger partial charge in [-0.1, -0.05) is 15.9 Å². The van der Waals surface area contributed by atoms with Crippen molar-refractivity contribution in [3.63, 3.8) is 0 Å². The van der Waals surface area contributed by atoms with Gasteiger partial charge < -0.3 is 9.47 Å². The zero-order valence-electron chi connectivity index (χ0n) is 6.84. The molecule has 0 aromatic heterocycles. The summed E-state index contributed by atoms with van der Waals surface area (Å²) in [5, 5.41) is 0. The van der Waals surface area contributed by atoms with E-state index in [-0.39, 0.29) is 0 Å². The van der Waals surface area contributed by atoms with Crippen molar-refractivity contribution in [2.45, 2.75) is 0 Å². The van der Waals surface area contributed by atoms with E-state index in [4.69, 9.17) is 9.47 Å². The number of methoxy groups -OCH3 is 1. The third-order valence-corrected chi connectivity index (χ3v) is 1.75. The molecular weight excluding hydrogens is 220 g/mol. The molecule has 0 bridgehead atoms. The van der Waals surface area contributed by atoms with Crippen molar-refractivity contribution < 1.29 is 9.47 Å². The third-order valence-electron chi connectivity index (χ3n) is 1.29. The fourth-order valence-electron chi connectivity index (χ4n) is 0.751. The molecule has 1 aromatic carbocycles. The summed E-state index contributed by atoms with van der Waals surface area (Å²) in [6.07, 6.45) is 0. The molecule has 0 saturated heterocycles. The van der Waals surface area contributed by atoms with Gasteiger partial charge in [0.25, 0.3) is 0 Å². The number of rotatable bonds is 4. The number of halogens is 1. The summed E-state index contributed by atoms with van der Waals surface area (Å²) in [5.74, 6) is 0.831. The number of benzene rings is 1. The maximum Gasteiger partial charge on any atom is 0.120 e. The van der Waals surface area contributed by atoms with Crippen molar-refractivity contribution in [2.75, 3.05) is 20.3 Å². The molecule has 0 atom stereocenters. The van der Waals surface area contributed by atoms with Crippen LogP contribution in [0.2, 0.25) is 0 Å². The lowest BCUT2D eigenvalue weighted by atomic mass is 10.3. The predicted octanol–water partition coefficient (Wildman–Crippen LogP) is 2.27. The molecule has 0 amide bonds. The Morgan fingerprint density at radius 1 is 1.50 bits per heavy atom. The molecule has 0 spiro atoms. The second-order valence-corrected chi connectivity index (χ2v) is 3.07. The van der Waals surface area contributed by atoms with Gasteiger partial charge in [-0.25, -0.2) is 0 Å². The molecule has 0 unspecified atom stereocenters. The molecule has 1 radical (unpaired) electrons. The smallest absolute Gasteiger partial charge is 0.120 e. The van der Waals surface area contributed by atoms with Crippen molar-refractivity contribution >= 4 is 15.9 Å². The highest BCUT2D eigenvalue weighted by Gasteiger charge is 1.93. The van der Waals surface area contributed by atoms with E-state index in [0.29, 0.717) is 13.2 Å². The van der Waals surface area contributed by atoms with Crippen molar-refractivity contribution in [3.05, 3.63) is 28.7 Å². The van der Waals surface area contributed by atoms with Crippen LogP contribution in [0.5, 0.6) is 5.75 Å². The Bertz CT molecular complexity index is 238. The van der Waals surface area contributed by atoms with Gasteiger partial charge in [0.15, 0.2) is 0 Å². The minimum Gasteiger partial charge on any atom is -0.491 e. The molecule has 0 fully saturated rings. The Hall–Kier alpha value is -0.540. The first-order valence-electron chi connectivity index (χ1n) is 3.62. The van der Waals surface area contributed by atoms with E-state index in [1.54, 1.807) is 7.11 Å². The number of ether oxygens (including phenoxy) is 2. The van der Waals surface area contributed by atoms with E-state index >= 15 is 0 Å². The summed E-state index contributed by atoms with van der Waals surface area (Å²) in [6.45, 7) is 1.18. The largest absolute Gasteiger partial charge is 0.491 e. The maximum absolute atomic E-state index is 5.35. The Kier molecular flexibility index (Phi) is 4.11. The van der Waals surface area contributed by atoms with Crippen molar-refractivity contribution in [3.8, 4) is 5.75 Å². The summed E-state index contributed by atoms with van der Waals surface area (Å²) in [4.78, 5) is 0. The van der Waals surface area contributed by atoms with Gasteiger partial charge in [-0.3, -0.25) is 0 Å². The molecule has 0 N–H and O–H groups in total. The molecular formula is C9H10BrO2. The van der Waals surface area contributed by atoms with Gasteiger partial charge in [-0.15, -0.1) is 0 Å². The SMILES string of the molecule is COCCOc1cc[c]c(Br)c1. The van der Waals surface area contributed by atoms with E-state index in [1.165, 1.54) is 0 Å². The fourth-order valence-corrected chi connectivity index (χ4v) is 1.11. The van der Waals surface area contributed by atoms with Crippen LogP contribution in [-0.2, 0) is 4.74 Å². The first kappa shape index (κ1) is 9.55. The van der Waals surface area contributed by atoms with Crippen LogP contribution in [0.25, 0.3) is 0 Å². The lowest BCUT2D eigenvalue weighted by Crippen LogP contribution is -2.03. The highest BCUT2D eigenvalue weighted by atomic mass is 79.9. The summed E-state index contributed by atoms with van der Waals surface area (Å²) in [6, 6.07) is 8.51. The first-order chi connectivity index (χ1) is 5.83. The molecule has 65 valence electrons. The highest BCUT2D eigenvalue weighted by molar-refractivity contribution is 9.10. The molecule has 1 aromatic rings. The summed E-state index contributed by atoms with van der Waals surface area (Å²) in [5.41, 5.74) is 0. The molecule has 0 aliphatic heterocycles. The normalized spacial score (nSPS) is 9.83. The van der Waals surface area contributed by atoms with Crippen LogP contribution in [0.1, 0.15) is 0 Å². The quantitative estimate of drug-likeness (QED) is 0.738. The lowest BCUT2D eigenvalue weighted by molar-refractivity contribution is 0.146. The Balaban J connectivity index is 2.41. The lowest BCUT2D eigenvalue weighted by Gasteiger charge is -2.04. The summed E-state index contributed by atoms with van der Waals surface area (Å²) >= 11 is 3.30. The van der Waals surface area contributed by atoms with Crippen molar-refractivity contribution in [2.24, 2.45) is 0 Å². The minimum atomic E-state index is 0.576. The Morgan fingerprint density at radius 3 is 3.00 bits per heavy atom. The van der Waals surface area contributed by atoms with Crippen LogP contribution in [0.15, 0.2) is 22.7 Å². The summed E-state index contributed by atoms with van der Waals surface area (Å²) in [7, 11) is 1.65. The fraction of sp³-hybridized carbons (Fsp3) is 0.333. The summed E-state index contributed by atoms with van der Waals surface area (Å²) < 4.78 is 11.1. The van der Waals surface area contributed by atoms with E-state index in [0.717, 1.165) is 10.2 Å². The number of hydrogen-bond acceptors (Lipinski definition) is 2. The van der Waals surface area contributed by atoms with Crippen LogP contribution in [-0.4, -0.2) is 20.3 Å². The van der Waals surface area contributed by atoms with Crippen LogP contribution < -0.4 is 4.74 Å². The van der Waals surface area contributed by atoms with Gasteiger partial charge in [0, 0.05) is 11.6 Å². The van der Waals surface area contributed by atoms with E-state index in [2.05, 4.69) is 22.0 Å². The van der Waals surface area contributed by atoms with E-state index < -0.39 is 0 Å². The molecule has 1 rings (SSSR count). The van der Waals surface area contributed by atoms with Gasteiger partial charge in [0.05, 0.1) is 6.61 Å². The van der Waals surface area contributed by atoms with Gasteiger partial charge in [-0.2, -0.15) is 0 Å². The third kappa shape index (κ3) is 3.24. The average molecular weight is 230 g/mol. The van der Waals surface area contributed by atoms with Gasteiger partial charge in [0.1, 0.15) is 12.4 Å². The second-order valence-electron chi connectivity index (χ2n) is 2.21. The van der Waals surface area contributed by atoms with Crippen LogP contribution in [0.4, 0.5) is 0 Å². The molecule has 0 heterocycles. The predicted molar refractivity (Wildman–Crippen MR) is 50.3 cm³/mol. The zero-order valence-corrected chi connectivity index (χ0v) is 8.43. The standard InChI is InChI=1S/C9H10BrO2/c1-11-5-6-12-9-4-2-3-8(10)7-9/h2,4,7H,5-6H2,1H3. The molecule has 12 heavy (non-hydrogen) atoms. The molecule has 0 aliphatic carbocycles. The Morgan fingerprint density at radius 2 is 2.33 bits per heavy atom. The Labute approximate surface area is 80.6 Å². The molecule has 0 saturated carbocycles. The first-order valence-corrected chi connectivity index (χ1v) is 4.41. The van der Waals surface area contributed by atoms with Crippen LogP contribution >= 0.6 is 15.9 Å². The topological polar surface area (TPSA) is 18.5 Å². The van der Waals surface area contributed by atoms with Crippen molar-refractivity contribution in [1.82, 2.24) is 0 Å². The monoisotopic (exact) mass is 229 g/mol. The minimum absolute atomic E-state index is 0.576.